The smallest absolute Gasteiger partial charge is 0.306 e. The molecule has 0 aliphatic heterocycles. The van der Waals surface area contributed by atoms with E-state index in [1.165, 1.54) is 0 Å². The molecule has 3 aromatic rings. The van der Waals surface area contributed by atoms with Gasteiger partial charge in [-0.25, -0.2) is 4.98 Å². The average molecular weight is 402 g/mol. The van der Waals surface area contributed by atoms with Gasteiger partial charge in [-0.15, -0.1) is 0 Å². The Morgan fingerprint density at radius 1 is 1.07 bits per heavy atom. The van der Waals surface area contributed by atoms with Crippen molar-refractivity contribution in [2.75, 3.05) is 6.61 Å². The van der Waals surface area contributed by atoms with Gasteiger partial charge in [0.15, 0.2) is 11.5 Å². The predicted molar refractivity (Wildman–Crippen MR) is 113 cm³/mol. The minimum Gasteiger partial charge on any atom is -0.504 e. The SMILES string of the molecule is CCOC(=O)CCC(=O)c1nc2cc(-c3cc(C)cc(C)c3)ccc2c(C#N)c1O. The number of esters is 1. The molecule has 0 unspecified atom stereocenters. The van der Waals surface area contributed by atoms with Crippen LogP contribution in [0.25, 0.3) is 22.0 Å². The van der Waals surface area contributed by atoms with Gasteiger partial charge in [0.2, 0.25) is 0 Å². The van der Waals surface area contributed by atoms with Crippen molar-refractivity contribution in [3.63, 3.8) is 0 Å². The number of aromatic nitrogens is 1. The predicted octanol–water partition coefficient (Wildman–Crippen LogP) is 4.62. The number of rotatable bonds is 6. The summed E-state index contributed by atoms with van der Waals surface area (Å²) >= 11 is 0. The fourth-order valence-electron chi connectivity index (χ4n) is 3.45. The first-order chi connectivity index (χ1) is 14.3. The van der Waals surface area contributed by atoms with E-state index >= 15 is 0 Å². The molecule has 0 aliphatic carbocycles. The summed E-state index contributed by atoms with van der Waals surface area (Å²) in [6.07, 6.45) is -0.275. The number of carbonyl (C=O) groups is 2. The van der Waals surface area contributed by atoms with Gasteiger partial charge in [-0.2, -0.15) is 5.26 Å². The van der Waals surface area contributed by atoms with Crippen LogP contribution in [0.5, 0.6) is 5.75 Å². The van der Waals surface area contributed by atoms with Crippen molar-refractivity contribution >= 4 is 22.7 Å². The Kier molecular flexibility index (Phi) is 6.12. The maximum Gasteiger partial charge on any atom is 0.306 e. The van der Waals surface area contributed by atoms with Gasteiger partial charge in [0.25, 0.3) is 0 Å². The zero-order valence-electron chi connectivity index (χ0n) is 17.2. The van der Waals surface area contributed by atoms with Gasteiger partial charge in [0.1, 0.15) is 17.3 Å². The van der Waals surface area contributed by atoms with Crippen LogP contribution in [0.3, 0.4) is 0 Å². The molecule has 0 aliphatic rings. The molecule has 3 rings (SSSR count). The average Bonchev–Trinajstić information content (AvgIpc) is 2.70. The fraction of sp³-hybridized carbons (Fsp3) is 0.250. The fourth-order valence-corrected chi connectivity index (χ4v) is 3.45. The maximum absolute atomic E-state index is 12.6. The summed E-state index contributed by atoms with van der Waals surface area (Å²) in [5, 5.41) is 20.5. The Labute approximate surface area is 174 Å². The number of pyridine rings is 1. The van der Waals surface area contributed by atoms with E-state index < -0.39 is 17.5 Å². The number of ether oxygens (including phenoxy) is 1. The van der Waals surface area contributed by atoms with E-state index in [4.69, 9.17) is 4.74 Å². The number of Topliss-reactive ketones (excluding diaryl/α,β-unsaturated/α-hetero) is 1. The number of carbonyl (C=O) groups excluding carboxylic acids is 2. The van der Waals surface area contributed by atoms with Crippen LogP contribution in [0.2, 0.25) is 0 Å². The first kappa shape index (κ1) is 21.0. The summed E-state index contributed by atoms with van der Waals surface area (Å²) in [5.74, 6) is -1.47. The summed E-state index contributed by atoms with van der Waals surface area (Å²) in [4.78, 5) is 28.5. The molecule has 0 spiro atoms. The number of nitrogens with zero attached hydrogens (tertiary/aromatic N) is 2. The second-order valence-corrected chi connectivity index (χ2v) is 7.13. The molecule has 2 aromatic carbocycles. The first-order valence-corrected chi connectivity index (χ1v) is 9.68. The van der Waals surface area contributed by atoms with Crippen LogP contribution in [0.4, 0.5) is 0 Å². The van der Waals surface area contributed by atoms with Gasteiger partial charge >= 0.3 is 5.97 Å². The molecule has 1 heterocycles. The monoisotopic (exact) mass is 402 g/mol. The molecule has 0 amide bonds. The quantitative estimate of drug-likeness (QED) is 0.477. The Bertz CT molecular complexity index is 1170. The highest BCUT2D eigenvalue weighted by molar-refractivity contribution is 6.03. The summed E-state index contributed by atoms with van der Waals surface area (Å²) in [7, 11) is 0. The molecule has 0 fully saturated rings. The van der Waals surface area contributed by atoms with Crippen molar-refractivity contribution in [1.29, 1.82) is 5.26 Å². The summed E-state index contributed by atoms with van der Waals surface area (Å²) in [6.45, 7) is 5.94. The van der Waals surface area contributed by atoms with Crippen molar-refractivity contribution < 1.29 is 19.4 Å². The largest absolute Gasteiger partial charge is 0.504 e. The molecule has 6 heteroatoms. The zero-order chi connectivity index (χ0) is 21.8. The number of nitriles is 1. The van der Waals surface area contributed by atoms with Gasteiger partial charge in [0.05, 0.1) is 18.5 Å². The van der Waals surface area contributed by atoms with Crippen LogP contribution in [0.1, 0.15) is 46.9 Å². The number of hydrogen-bond donors (Lipinski definition) is 1. The van der Waals surface area contributed by atoms with Crippen LogP contribution >= 0.6 is 0 Å². The lowest BCUT2D eigenvalue weighted by molar-refractivity contribution is -0.143. The molecule has 152 valence electrons. The minimum absolute atomic E-state index is 0.00791. The van der Waals surface area contributed by atoms with Crippen molar-refractivity contribution in [3.8, 4) is 22.9 Å². The summed E-state index contributed by atoms with van der Waals surface area (Å²) in [6, 6.07) is 13.5. The molecule has 0 radical (unpaired) electrons. The van der Waals surface area contributed by atoms with E-state index in [2.05, 4.69) is 11.1 Å². The van der Waals surface area contributed by atoms with E-state index in [0.29, 0.717) is 10.9 Å². The van der Waals surface area contributed by atoms with E-state index in [-0.39, 0.29) is 30.7 Å². The van der Waals surface area contributed by atoms with Gasteiger partial charge in [0, 0.05) is 11.8 Å². The second-order valence-electron chi connectivity index (χ2n) is 7.13. The van der Waals surface area contributed by atoms with Crippen LogP contribution in [0.15, 0.2) is 36.4 Å². The van der Waals surface area contributed by atoms with E-state index in [1.807, 2.05) is 38.1 Å². The summed E-state index contributed by atoms with van der Waals surface area (Å²) < 4.78 is 4.83. The summed E-state index contributed by atoms with van der Waals surface area (Å²) in [5.41, 5.74) is 4.35. The van der Waals surface area contributed by atoms with Crippen molar-refractivity contribution in [2.24, 2.45) is 0 Å². The van der Waals surface area contributed by atoms with Gasteiger partial charge < -0.3 is 9.84 Å². The minimum atomic E-state index is -0.518. The lowest BCUT2D eigenvalue weighted by Crippen LogP contribution is -2.10. The number of hydrogen-bond acceptors (Lipinski definition) is 6. The van der Waals surface area contributed by atoms with Gasteiger partial charge in [-0.3, -0.25) is 9.59 Å². The lowest BCUT2D eigenvalue weighted by Gasteiger charge is -2.11. The molecule has 0 saturated heterocycles. The van der Waals surface area contributed by atoms with Crippen molar-refractivity contribution in [3.05, 3.63) is 58.8 Å². The van der Waals surface area contributed by atoms with Crippen LogP contribution in [-0.2, 0) is 9.53 Å². The van der Waals surface area contributed by atoms with Crippen LogP contribution in [-0.4, -0.2) is 28.4 Å². The topological polar surface area (TPSA) is 100 Å². The first-order valence-electron chi connectivity index (χ1n) is 9.68. The van der Waals surface area contributed by atoms with E-state index in [9.17, 15) is 20.0 Å². The Morgan fingerprint density at radius 2 is 1.77 bits per heavy atom. The molecule has 1 N–H and O–H groups in total. The van der Waals surface area contributed by atoms with Crippen LogP contribution < -0.4 is 0 Å². The Morgan fingerprint density at radius 3 is 2.40 bits per heavy atom. The number of fused-ring (bicyclic) bond motifs is 1. The highest BCUT2D eigenvalue weighted by Crippen LogP contribution is 2.32. The number of aryl methyl sites for hydroxylation is 2. The van der Waals surface area contributed by atoms with E-state index in [0.717, 1.165) is 22.3 Å². The molecule has 0 saturated carbocycles. The molecular weight excluding hydrogens is 380 g/mol. The van der Waals surface area contributed by atoms with Gasteiger partial charge in [-0.1, -0.05) is 41.5 Å². The third-order valence-electron chi connectivity index (χ3n) is 4.75. The molecule has 0 bridgehead atoms. The molecule has 0 atom stereocenters. The highest BCUT2D eigenvalue weighted by atomic mass is 16.5. The lowest BCUT2D eigenvalue weighted by atomic mass is 9.97. The van der Waals surface area contributed by atoms with Crippen molar-refractivity contribution in [2.45, 2.75) is 33.6 Å². The molecule has 30 heavy (non-hydrogen) atoms. The molecule has 6 nitrogen and oxygen atoms in total. The van der Waals surface area contributed by atoms with Crippen molar-refractivity contribution in [1.82, 2.24) is 4.98 Å². The Hall–Kier alpha value is -3.72. The zero-order valence-corrected chi connectivity index (χ0v) is 17.2. The highest BCUT2D eigenvalue weighted by Gasteiger charge is 2.21. The number of aromatic hydroxyl groups is 1. The molecule has 1 aromatic heterocycles. The van der Waals surface area contributed by atoms with E-state index in [1.54, 1.807) is 19.1 Å². The second kappa shape index (κ2) is 8.75. The van der Waals surface area contributed by atoms with Crippen LogP contribution in [0, 0.1) is 25.2 Å². The Balaban J connectivity index is 2.06. The third kappa shape index (κ3) is 4.31. The number of ketones is 1. The normalized spacial score (nSPS) is 10.6. The third-order valence-corrected chi connectivity index (χ3v) is 4.75. The number of benzene rings is 2. The maximum atomic E-state index is 12.6. The van der Waals surface area contributed by atoms with Gasteiger partial charge in [-0.05, 0) is 38.0 Å². The standard InChI is InChI=1S/C24H22N2O4/c1-4-30-22(28)8-7-21(27)23-24(29)19(13-25)18-6-5-16(12-20(18)26-23)17-10-14(2)9-15(3)11-17/h5-6,9-12,29H,4,7-8H2,1-3H3. The molecular formula is C24H22N2O4.